The van der Waals surface area contributed by atoms with Crippen LogP contribution in [0.5, 0.6) is 0 Å². The number of rotatable bonds is 8. The van der Waals surface area contributed by atoms with E-state index in [1.165, 1.54) is 38.5 Å². The summed E-state index contributed by atoms with van der Waals surface area (Å²) in [5.41, 5.74) is 1.15. The monoisotopic (exact) mass is 439 g/mol. The predicted molar refractivity (Wildman–Crippen MR) is 91.4 cm³/mol. The quantitative estimate of drug-likeness (QED) is 0.440. The third-order valence-corrected chi connectivity index (χ3v) is 4.55. The van der Waals surface area contributed by atoms with Crippen LogP contribution in [-0.4, -0.2) is 6.54 Å². The molecule has 0 aliphatic heterocycles. The summed E-state index contributed by atoms with van der Waals surface area (Å²) in [6, 6.07) is 4.13. The topological polar surface area (TPSA) is 12.0 Å². The van der Waals surface area contributed by atoms with Gasteiger partial charge >= 0.3 is 0 Å². The number of anilines is 1. The average molecular weight is 442 g/mol. The van der Waals surface area contributed by atoms with Gasteiger partial charge in [-0.1, -0.05) is 55.0 Å². The van der Waals surface area contributed by atoms with Gasteiger partial charge in [-0.15, -0.1) is 0 Å². The van der Waals surface area contributed by atoms with Crippen molar-refractivity contribution < 1.29 is 0 Å². The third kappa shape index (κ3) is 6.07. The van der Waals surface area contributed by atoms with Crippen molar-refractivity contribution in [3.8, 4) is 0 Å². The molecule has 0 fully saturated rings. The minimum absolute atomic E-state index is 1.03. The van der Waals surface area contributed by atoms with Gasteiger partial charge < -0.3 is 5.32 Å². The van der Waals surface area contributed by atoms with Gasteiger partial charge in [0.25, 0.3) is 0 Å². The van der Waals surface area contributed by atoms with E-state index < -0.39 is 0 Å². The molecule has 0 heterocycles. The normalized spacial score (nSPS) is 10.7. The van der Waals surface area contributed by atoms with Crippen molar-refractivity contribution in [1.82, 2.24) is 0 Å². The first kappa shape index (κ1) is 16.5. The first-order valence-electron chi connectivity index (χ1n) is 6.53. The minimum atomic E-state index is 1.03. The summed E-state index contributed by atoms with van der Waals surface area (Å²) in [6.45, 7) is 3.29. The van der Waals surface area contributed by atoms with E-state index in [1.54, 1.807) is 0 Å². The lowest BCUT2D eigenvalue weighted by Gasteiger charge is -2.11. The van der Waals surface area contributed by atoms with E-state index >= 15 is 0 Å². The Morgan fingerprint density at radius 1 is 0.889 bits per heavy atom. The van der Waals surface area contributed by atoms with E-state index in [-0.39, 0.29) is 0 Å². The zero-order chi connectivity index (χ0) is 13.4. The highest BCUT2D eigenvalue weighted by atomic mass is 79.9. The molecule has 1 aromatic carbocycles. The molecule has 0 unspecified atom stereocenters. The highest BCUT2D eigenvalue weighted by molar-refractivity contribution is 9.11. The maximum Gasteiger partial charge on any atom is 0.0629 e. The molecule has 0 aliphatic carbocycles. The molecule has 0 aromatic heterocycles. The Morgan fingerprint density at radius 3 is 2.06 bits per heavy atom. The second-order valence-corrected chi connectivity index (χ2v) is 7.06. The molecule has 0 radical (unpaired) electrons. The largest absolute Gasteiger partial charge is 0.383 e. The molecular formula is C14H20Br3N. The number of benzene rings is 1. The lowest BCUT2D eigenvalue weighted by molar-refractivity contribution is 0.617. The van der Waals surface area contributed by atoms with Gasteiger partial charge in [0.05, 0.1) is 5.69 Å². The van der Waals surface area contributed by atoms with Gasteiger partial charge in [0.15, 0.2) is 0 Å². The van der Waals surface area contributed by atoms with Crippen molar-refractivity contribution in [2.45, 2.75) is 45.4 Å². The molecule has 102 valence electrons. The van der Waals surface area contributed by atoms with Gasteiger partial charge in [0, 0.05) is 20.0 Å². The lowest BCUT2D eigenvalue weighted by Crippen LogP contribution is -2.02. The van der Waals surface area contributed by atoms with Crippen molar-refractivity contribution in [3.05, 3.63) is 25.6 Å². The molecule has 0 atom stereocenters. The summed E-state index contributed by atoms with van der Waals surface area (Å²) in [5, 5.41) is 3.48. The van der Waals surface area contributed by atoms with Crippen LogP contribution in [0.15, 0.2) is 25.6 Å². The molecule has 1 rings (SSSR count). The second kappa shape index (κ2) is 9.38. The van der Waals surface area contributed by atoms with E-state index in [9.17, 15) is 0 Å². The van der Waals surface area contributed by atoms with Crippen LogP contribution >= 0.6 is 47.8 Å². The van der Waals surface area contributed by atoms with Crippen molar-refractivity contribution in [1.29, 1.82) is 0 Å². The van der Waals surface area contributed by atoms with E-state index in [0.29, 0.717) is 0 Å². The fourth-order valence-corrected chi connectivity index (χ4v) is 4.37. The Kier molecular flexibility index (Phi) is 8.60. The molecule has 0 saturated heterocycles. The first-order chi connectivity index (χ1) is 8.65. The fraction of sp³-hybridized carbons (Fsp3) is 0.571. The number of nitrogens with one attached hydrogen (secondary N) is 1. The maximum atomic E-state index is 3.58. The van der Waals surface area contributed by atoms with Crippen molar-refractivity contribution in [3.63, 3.8) is 0 Å². The van der Waals surface area contributed by atoms with Crippen LogP contribution in [0.25, 0.3) is 0 Å². The van der Waals surface area contributed by atoms with Crippen LogP contribution in [-0.2, 0) is 0 Å². The molecule has 0 aliphatic rings. The SMILES string of the molecule is CCCCCCCCNc1c(Br)cc(Br)cc1Br. The standard InChI is InChI=1S/C14H20Br3N/c1-2-3-4-5-6-7-8-18-14-12(16)9-11(15)10-13(14)17/h9-10,18H,2-8H2,1H3. The van der Waals surface area contributed by atoms with Crippen molar-refractivity contribution in [2.24, 2.45) is 0 Å². The maximum absolute atomic E-state index is 3.58. The van der Waals surface area contributed by atoms with Crippen LogP contribution in [0, 0.1) is 0 Å². The zero-order valence-corrected chi connectivity index (χ0v) is 15.5. The van der Waals surface area contributed by atoms with Crippen LogP contribution in [0.3, 0.4) is 0 Å². The first-order valence-corrected chi connectivity index (χ1v) is 8.91. The summed E-state index contributed by atoms with van der Waals surface area (Å²) in [5.74, 6) is 0. The molecule has 1 aromatic rings. The number of hydrogen-bond acceptors (Lipinski definition) is 1. The smallest absolute Gasteiger partial charge is 0.0629 e. The Hall–Kier alpha value is 0.460. The van der Waals surface area contributed by atoms with Gasteiger partial charge in [-0.3, -0.25) is 0 Å². The van der Waals surface area contributed by atoms with Crippen LogP contribution in [0.1, 0.15) is 45.4 Å². The van der Waals surface area contributed by atoms with Crippen LogP contribution in [0.4, 0.5) is 5.69 Å². The van der Waals surface area contributed by atoms with Gasteiger partial charge in [-0.05, 0) is 50.4 Å². The Balaban J connectivity index is 2.27. The molecule has 4 heteroatoms. The van der Waals surface area contributed by atoms with Gasteiger partial charge in [-0.25, -0.2) is 0 Å². The average Bonchev–Trinajstić information content (AvgIpc) is 2.30. The summed E-state index contributed by atoms with van der Waals surface area (Å²) in [7, 11) is 0. The van der Waals surface area contributed by atoms with Crippen molar-refractivity contribution in [2.75, 3.05) is 11.9 Å². The minimum Gasteiger partial charge on any atom is -0.383 e. The Morgan fingerprint density at radius 2 is 1.44 bits per heavy atom. The van der Waals surface area contributed by atoms with E-state index in [2.05, 4.69) is 72.2 Å². The van der Waals surface area contributed by atoms with Crippen molar-refractivity contribution >= 4 is 53.5 Å². The molecule has 1 nitrogen and oxygen atoms in total. The lowest BCUT2D eigenvalue weighted by atomic mass is 10.1. The van der Waals surface area contributed by atoms with Gasteiger partial charge in [-0.2, -0.15) is 0 Å². The molecule has 0 amide bonds. The fourth-order valence-electron chi connectivity index (χ4n) is 1.83. The zero-order valence-electron chi connectivity index (χ0n) is 10.7. The number of halogens is 3. The van der Waals surface area contributed by atoms with Gasteiger partial charge in [0.1, 0.15) is 0 Å². The highest BCUT2D eigenvalue weighted by Gasteiger charge is 2.05. The van der Waals surface area contributed by atoms with E-state index in [0.717, 1.165) is 25.7 Å². The summed E-state index contributed by atoms with van der Waals surface area (Å²) < 4.78 is 3.26. The molecule has 0 spiro atoms. The van der Waals surface area contributed by atoms with Gasteiger partial charge in [0.2, 0.25) is 0 Å². The third-order valence-electron chi connectivity index (χ3n) is 2.84. The molecule has 18 heavy (non-hydrogen) atoms. The second-order valence-electron chi connectivity index (χ2n) is 4.44. The molecule has 0 saturated carbocycles. The summed E-state index contributed by atoms with van der Waals surface area (Å²) >= 11 is 10.6. The predicted octanol–water partition coefficient (Wildman–Crippen LogP) is 6.75. The molecular weight excluding hydrogens is 422 g/mol. The highest BCUT2D eigenvalue weighted by Crippen LogP contribution is 2.34. The Bertz CT molecular complexity index is 343. The summed E-state index contributed by atoms with van der Waals surface area (Å²) in [4.78, 5) is 0. The number of unbranched alkanes of at least 4 members (excludes halogenated alkanes) is 5. The van der Waals surface area contributed by atoms with E-state index in [4.69, 9.17) is 0 Å². The molecule has 0 bridgehead atoms. The van der Waals surface area contributed by atoms with Crippen LogP contribution in [0.2, 0.25) is 0 Å². The number of hydrogen-bond donors (Lipinski definition) is 1. The Labute approximate surface area is 136 Å². The summed E-state index contributed by atoms with van der Waals surface area (Å²) in [6.07, 6.45) is 7.98. The van der Waals surface area contributed by atoms with Crippen LogP contribution < -0.4 is 5.32 Å². The van der Waals surface area contributed by atoms with E-state index in [1.807, 2.05) is 0 Å². The molecule has 1 N–H and O–H groups in total.